The molecule has 0 radical (unpaired) electrons. The lowest BCUT2D eigenvalue weighted by Crippen LogP contribution is -2.14. The number of hydrogen-bond acceptors (Lipinski definition) is 6. The molecule has 8 heteroatoms. The number of carbonyl (C=O) groups excluding carboxylic acids is 1. The molecule has 0 aliphatic rings. The Morgan fingerprint density at radius 1 is 1.17 bits per heavy atom. The number of fused-ring (bicyclic) bond motifs is 1. The molecule has 0 spiro atoms. The molecule has 1 aromatic carbocycles. The maximum Gasteiger partial charge on any atom is 0.263 e. The van der Waals surface area contributed by atoms with E-state index in [9.17, 15) is 4.79 Å². The van der Waals surface area contributed by atoms with E-state index in [1.165, 1.54) is 6.20 Å². The van der Waals surface area contributed by atoms with Crippen molar-refractivity contribution in [2.45, 2.75) is 6.92 Å². The van der Waals surface area contributed by atoms with Crippen molar-refractivity contribution in [3.8, 4) is 11.3 Å². The number of carbonyl (C=O) groups is 1. The average Bonchev–Trinajstić information content (AvgIpc) is 3.23. The molecule has 0 fully saturated rings. The Morgan fingerprint density at radius 2 is 2.00 bits per heavy atom. The van der Waals surface area contributed by atoms with Crippen molar-refractivity contribution in [1.82, 2.24) is 24.7 Å². The molecule has 3 heterocycles. The molecule has 1 amide bonds. The van der Waals surface area contributed by atoms with Gasteiger partial charge in [-0.1, -0.05) is 35.5 Å². The lowest BCUT2D eigenvalue weighted by Gasteiger charge is -2.03. The van der Waals surface area contributed by atoms with Crippen LogP contribution in [-0.2, 0) is 0 Å². The Labute approximate surface area is 136 Å². The van der Waals surface area contributed by atoms with Crippen molar-refractivity contribution in [3.63, 3.8) is 0 Å². The van der Waals surface area contributed by atoms with E-state index in [2.05, 4.69) is 25.7 Å². The summed E-state index contributed by atoms with van der Waals surface area (Å²) in [5, 5.41) is 14.3. The van der Waals surface area contributed by atoms with Gasteiger partial charge in [0, 0.05) is 17.5 Å². The molecule has 24 heavy (non-hydrogen) atoms. The summed E-state index contributed by atoms with van der Waals surface area (Å²) in [6, 6.07) is 11.1. The zero-order valence-corrected chi connectivity index (χ0v) is 12.7. The highest BCUT2D eigenvalue weighted by atomic mass is 16.5. The van der Waals surface area contributed by atoms with E-state index in [0.717, 1.165) is 11.3 Å². The molecule has 0 unspecified atom stereocenters. The van der Waals surface area contributed by atoms with Crippen molar-refractivity contribution in [2.24, 2.45) is 0 Å². The molecule has 1 N–H and O–H groups in total. The van der Waals surface area contributed by atoms with Crippen LogP contribution in [0.5, 0.6) is 0 Å². The highest BCUT2D eigenvalue weighted by Crippen LogP contribution is 2.23. The fourth-order valence-electron chi connectivity index (χ4n) is 2.33. The molecule has 118 valence electrons. The van der Waals surface area contributed by atoms with Gasteiger partial charge in [-0.3, -0.25) is 14.5 Å². The van der Waals surface area contributed by atoms with Crippen molar-refractivity contribution in [3.05, 3.63) is 60.0 Å². The van der Waals surface area contributed by atoms with E-state index in [0.29, 0.717) is 17.1 Å². The topological polar surface area (TPSA) is 98.2 Å². The monoisotopic (exact) mass is 320 g/mol. The summed E-state index contributed by atoms with van der Waals surface area (Å²) >= 11 is 0. The Kier molecular flexibility index (Phi) is 3.27. The van der Waals surface area contributed by atoms with Gasteiger partial charge in [-0.15, -0.1) is 10.2 Å². The van der Waals surface area contributed by atoms with E-state index >= 15 is 0 Å². The van der Waals surface area contributed by atoms with Crippen LogP contribution in [0, 0.1) is 6.92 Å². The molecular formula is C16H12N6O2. The minimum atomic E-state index is -0.384. The number of hydrogen-bond donors (Lipinski definition) is 1. The van der Waals surface area contributed by atoms with Gasteiger partial charge in [0.05, 0.1) is 6.20 Å². The van der Waals surface area contributed by atoms with Crippen LogP contribution in [0.2, 0.25) is 0 Å². The predicted octanol–water partition coefficient (Wildman–Crippen LogP) is 2.34. The van der Waals surface area contributed by atoms with E-state index in [-0.39, 0.29) is 11.9 Å². The second-order valence-corrected chi connectivity index (χ2v) is 5.15. The molecule has 0 aliphatic carbocycles. The summed E-state index contributed by atoms with van der Waals surface area (Å²) in [7, 11) is 0. The summed E-state index contributed by atoms with van der Waals surface area (Å²) < 4.78 is 6.83. The molecule has 4 aromatic rings. The van der Waals surface area contributed by atoms with Gasteiger partial charge in [-0.2, -0.15) is 0 Å². The maximum absolute atomic E-state index is 12.6. The molecule has 0 saturated heterocycles. The molecule has 8 nitrogen and oxygen atoms in total. The first-order valence-corrected chi connectivity index (χ1v) is 7.22. The highest BCUT2D eigenvalue weighted by Gasteiger charge is 2.19. The van der Waals surface area contributed by atoms with Crippen molar-refractivity contribution >= 4 is 17.6 Å². The SMILES string of the molecule is Cc1ccn2c(NC(=O)c3cnoc3-c3ccccc3)nnc2n1. The van der Waals surface area contributed by atoms with E-state index in [1.54, 1.807) is 16.7 Å². The van der Waals surface area contributed by atoms with Gasteiger partial charge in [-0.25, -0.2) is 4.98 Å². The van der Waals surface area contributed by atoms with Gasteiger partial charge < -0.3 is 4.52 Å². The Balaban J connectivity index is 1.67. The van der Waals surface area contributed by atoms with Crippen molar-refractivity contribution in [1.29, 1.82) is 0 Å². The molecule has 4 rings (SSSR count). The van der Waals surface area contributed by atoms with Crippen LogP contribution in [0.3, 0.4) is 0 Å². The first-order chi connectivity index (χ1) is 11.7. The van der Waals surface area contributed by atoms with Crippen LogP contribution < -0.4 is 5.32 Å². The Hall–Kier alpha value is -3.55. The van der Waals surface area contributed by atoms with Crippen LogP contribution in [0.1, 0.15) is 16.1 Å². The second-order valence-electron chi connectivity index (χ2n) is 5.15. The number of nitrogens with zero attached hydrogens (tertiary/aromatic N) is 5. The number of aromatic nitrogens is 5. The molecule has 0 bridgehead atoms. The van der Waals surface area contributed by atoms with E-state index < -0.39 is 0 Å². The number of rotatable bonds is 3. The lowest BCUT2D eigenvalue weighted by atomic mass is 10.1. The number of aryl methyl sites for hydroxylation is 1. The number of nitrogens with one attached hydrogen (secondary N) is 1. The Morgan fingerprint density at radius 3 is 2.83 bits per heavy atom. The molecule has 0 aliphatic heterocycles. The van der Waals surface area contributed by atoms with Gasteiger partial charge in [0.1, 0.15) is 5.56 Å². The summed E-state index contributed by atoms with van der Waals surface area (Å²) in [4.78, 5) is 16.8. The fourth-order valence-corrected chi connectivity index (χ4v) is 2.33. The smallest absolute Gasteiger partial charge is 0.263 e. The van der Waals surface area contributed by atoms with Gasteiger partial charge in [0.25, 0.3) is 11.7 Å². The molecule has 0 saturated carbocycles. The summed E-state index contributed by atoms with van der Waals surface area (Å²) in [6.07, 6.45) is 3.13. The first-order valence-electron chi connectivity index (χ1n) is 7.22. The molecular weight excluding hydrogens is 308 g/mol. The quantitative estimate of drug-likeness (QED) is 0.622. The third-order valence-electron chi connectivity index (χ3n) is 3.50. The third kappa shape index (κ3) is 2.39. The van der Waals surface area contributed by atoms with E-state index in [4.69, 9.17) is 4.52 Å². The fraction of sp³-hybridized carbons (Fsp3) is 0.0625. The standard InChI is InChI=1S/C16H12N6O2/c1-10-7-8-22-15(18-10)20-21-16(22)19-14(23)12-9-17-24-13(12)11-5-3-2-4-6-11/h2-9H,1H3,(H,19,21,23). The van der Waals surface area contributed by atoms with Crippen molar-refractivity contribution < 1.29 is 9.32 Å². The maximum atomic E-state index is 12.6. The van der Waals surface area contributed by atoms with Crippen LogP contribution in [0.25, 0.3) is 17.1 Å². The third-order valence-corrected chi connectivity index (χ3v) is 3.50. The minimum Gasteiger partial charge on any atom is -0.355 e. The number of benzene rings is 1. The number of amides is 1. The van der Waals surface area contributed by atoms with Crippen molar-refractivity contribution in [2.75, 3.05) is 5.32 Å². The zero-order valence-electron chi connectivity index (χ0n) is 12.7. The molecule has 3 aromatic heterocycles. The predicted molar refractivity (Wildman–Crippen MR) is 85.4 cm³/mol. The lowest BCUT2D eigenvalue weighted by molar-refractivity contribution is 0.102. The zero-order chi connectivity index (χ0) is 16.5. The van der Waals surface area contributed by atoms with Crippen LogP contribution >= 0.6 is 0 Å². The van der Waals surface area contributed by atoms with Crippen LogP contribution in [0.4, 0.5) is 5.95 Å². The highest BCUT2D eigenvalue weighted by molar-refractivity contribution is 6.07. The van der Waals surface area contributed by atoms with Gasteiger partial charge in [-0.05, 0) is 13.0 Å². The summed E-state index contributed by atoms with van der Waals surface area (Å²) in [6.45, 7) is 1.86. The second kappa shape index (κ2) is 5.58. The number of anilines is 1. The van der Waals surface area contributed by atoms with E-state index in [1.807, 2.05) is 37.3 Å². The summed E-state index contributed by atoms with van der Waals surface area (Å²) in [5.41, 5.74) is 1.90. The largest absolute Gasteiger partial charge is 0.355 e. The summed E-state index contributed by atoms with van der Waals surface area (Å²) in [5.74, 6) is 0.711. The average molecular weight is 320 g/mol. The Bertz CT molecular complexity index is 1020. The van der Waals surface area contributed by atoms with Crippen LogP contribution in [-0.4, -0.2) is 30.6 Å². The molecule has 0 atom stereocenters. The first kappa shape index (κ1) is 14.1. The normalized spacial score (nSPS) is 10.9. The van der Waals surface area contributed by atoms with Crippen LogP contribution in [0.15, 0.2) is 53.3 Å². The van der Waals surface area contributed by atoms with Gasteiger partial charge >= 0.3 is 0 Å². The van der Waals surface area contributed by atoms with Gasteiger partial charge in [0.2, 0.25) is 5.95 Å². The minimum absolute atomic E-state index is 0.280. The van der Waals surface area contributed by atoms with Gasteiger partial charge in [0.15, 0.2) is 5.76 Å².